The van der Waals surface area contributed by atoms with Crippen LogP contribution in [0.2, 0.25) is 0 Å². The Morgan fingerprint density at radius 1 is 0.634 bits per heavy atom. The molecule has 0 amide bonds. The SMILES string of the molecule is CC.CC.CC1CC(C)(C)C(C)(C)S(=O)(=O)c2ccccc21.CC1c2ccccc2S(=O)(=O)C(C)(C)C(C)(C)C1O. The summed E-state index contributed by atoms with van der Waals surface area (Å²) in [5.74, 6) is 0.0653. The van der Waals surface area contributed by atoms with E-state index in [1.165, 1.54) is 0 Å². The lowest BCUT2D eigenvalue weighted by Crippen LogP contribution is -2.51. The maximum absolute atomic E-state index is 12.9. The average molecular weight is 609 g/mol. The Morgan fingerprint density at radius 3 is 1.46 bits per heavy atom. The van der Waals surface area contributed by atoms with E-state index in [2.05, 4.69) is 20.8 Å². The van der Waals surface area contributed by atoms with Crippen LogP contribution in [0.5, 0.6) is 0 Å². The van der Waals surface area contributed by atoms with Crippen LogP contribution in [-0.4, -0.2) is 37.5 Å². The van der Waals surface area contributed by atoms with Crippen molar-refractivity contribution in [3.63, 3.8) is 0 Å². The van der Waals surface area contributed by atoms with Gasteiger partial charge in [0.05, 0.1) is 25.4 Å². The third-order valence-corrected chi connectivity index (χ3v) is 15.7. The van der Waals surface area contributed by atoms with Gasteiger partial charge in [-0.15, -0.1) is 0 Å². The van der Waals surface area contributed by atoms with E-state index in [9.17, 15) is 21.9 Å². The number of sulfone groups is 2. The smallest absolute Gasteiger partial charge is 0.184 e. The molecule has 1 N–H and O–H groups in total. The van der Waals surface area contributed by atoms with Gasteiger partial charge in [0.25, 0.3) is 0 Å². The molecule has 2 aliphatic heterocycles. The van der Waals surface area contributed by atoms with Gasteiger partial charge >= 0.3 is 0 Å². The number of rotatable bonds is 0. The van der Waals surface area contributed by atoms with Crippen molar-refractivity contribution in [3.05, 3.63) is 59.7 Å². The Labute approximate surface area is 252 Å². The van der Waals surface area contributed by atoms with Crippen molar-refractivity contribution in [2.75, 3.05) is 0 Å². The van der Waals surface area contributed by atoms with E-state index in [1.807, 2.05) is 86.6 Å². The van der Waals surface area contributed by atoms with Crippen molar-refractivity contribution in [1.82, 2.24) is 0 Å². The molecule has 4 rings (SSSR count). The zero-order chi connectivity index (χ0) is 32.4. The molecule has 7 heteroatoms. The van der Waals surface area contributed by atoms with Gasteiger partial charge in [0.1, 0.15) is 0 Å². The lowest BCUT2D eigenvalue weighted by Gasteiger charge is -2.43. The van der Waals surface area contributed by atoms with E-state index in [1.54, 1.807) is 38.1 Å². The third kappa shape index (κ3) is 6.05. The quantitative estimate of drug-likeness (QED) is 0.324. The van der Waals surface area contributed by atoms with Crippen LogP contribution < -0.4 is 0 Å². The second-order valence-corrected chi connectivity index (χ2v) is 18.0. The third-order valence-electron chi connectivity index (χ3n) is 9.99. The second kappa shape index (κ2) is 12.9. The summed E-state index contributed by atoms with van der Waals surface area (Å²) in [5, 5.41) is 10.6. The standard InChI is InChI=1S/C15H22O3S.C15H22O2S.2C2H6/c1-10-11-8-6-7-9-12(11)19(17,18)15(4,5)14(2,3)13(10)16;1-11-10-14(2,3)15(4,5)18(16,17)13-9-7-6-8-12(11)13;2*1-2/h6-10,13,16H,1-5H3;6-9,11H,10H2,1-5H3;2*1-2H3. The van der Waals surface area contributed by atoms with Crippen molar-refractivity contribution < 1.29 is 21.9 Å². The summed E-state index contributed by atoms with van der Waals surface area (Å²) in [6, 6.07) is 14.5. The number of aliphatic hydroxyl groups excluding tert-OH is 1. The van der Waals surface area contributed by atoms with Gasteiger partial charge in [-0.3, -0.25) is 0 Å². The number of hydrogen-bond donors (Lipinski definition) is 1. The fourth-order valence-electron chi connectivity index (χ4n) is 5.77. The lowest BCUT2D eigenvalue weighted by atomic mass is 9.70. The molecule has 0 aromatic heterocycles. The highest BCUT2D eigenvalue weighted by Crippen LogP contribution is 2.52. The Morgan fingerprint density at radius 2 is 1.00 bits per heavy atom. The maximum Gasteiger partial charge on any atom is 0.184 e. The van der Waals surface area contributed by atoms with Gasteiger partial charge in [-0.1, -0.05) is 106 Å². The molecule has 234 valence electrons. The van der Waals surface area contributed by atoms with E-state index >= 15 is 0 Å². The number of benzene rings is 2. The number of fused-ring (bicyclic) bond motifs is 2. The predicted molar refractivity (Wildman–Crippen MR) is 173 cm³/mol. The van der Waals surface area contributed by atoms with Crippen molar-refractivity contribution in [1.29, 1.82) is 0 Å². The first-order valence-corrected chi connectivity index (χ1v) is 18.0. The molecule has 3 unspecified atom stereocenters. The number of hydrogen-bond acceptors (Lipinski definition) is 5. The first kappa shape index (κ1) is 37.3. The molecule has 2 aromatic carbocycles. The molecule has 2 aromatic rings. The predicted octanol–water partition coefficient (Wildman–Crippen LogP) is 8.57. The molecule has 3 atom stereocenters. The molecule has 0 aliphatic carbocycles. The van der Waals surface area contributed by atoms with Crippen LogP contribution >= 0.6 is 0 Å². The Hall–Kier alpha value is -1.70. The summed E-state index contributed by atoms with van der Waals surface area (Å²) in [4.78, 5) is 0.880. The monoisotopic (exact) mass is 608 g/mol. The minimum Gasteiger partial charge on any atom is -0.392 e. The van der Waals surface area contributed by atoms with Crippen LogP contribution in [0.25, 0.3) is 0 Å². The zero-order valence-corrected chi connectivity index (χ0v) is 29.6. The van der Waals surface area contributed by atoms with Gasteiger partial charge in [-0.25, -0.2) is 16.8 Å². The Kier molecular flexibility index (Phi) is 11.7. The van der Waals surface area contributed by atoms with E-state index in [0.717, 1.165) is 12.0 Å². The minimum absolute atomic E-state index is 0.206. The van der Waals surface area contributed by atoms with Crippen LogP contribution in [0.3, 0.4) is 0 Å². The van der Waals surface area contributed by atoms with E-state index in [-0.39, 0.29) is 17.3 Å². The zero-order valence-electron chi connectivity index (χ0n) is 28.0. The Balaban J connectivity index is 0.000000366. The average Bonchev–Trinajstić information content (AvgIpc) is 2.98. The fraction of sp³-hybridized carbons (Fsp3) is 0.647. The van der Waals surface area contributed by atoms with Crippen molar-refractivity contribution in [2.24, 2.45) is 10.8 Å². The van der Waals surface area contributed by atoms with Crippen LogP contribution in [0.4, 0.5) is 0 Å². The first-order valence-electron chi connectivity index (χ1n) is 15.0. The summed E-state index contributed by atoms with van der Waals surface area (Å²) in [6.07, 6.45) is 0.178. The summed E-state index contributed by atoms with van der Waals surface area (Å²) in [5.41, 5.74) is 0.707. The molecular formula is C34H56O5S2. The van der Waals surface area contributed by atoms with Crippen LogP contribution in [0.15, 0.2) is 58.3 Å². The molecular weight excluding hydrogens is 553 g/mol. The maximum atomic E-state index is 12.9. The molecule has 0 fully saturated rings. The van der Waals surface area contributed by atoms with E-state index in [4.69, 9.17) is 0 Å². The minimum atomic E-state index is -3.49. The summed E-state index contributed by atoms with van der Waals surface area (Å²) in [7, 11) is -6.79. The lowest BCUT2D eigenvalue weighted by molar-refractivity contribution is 0.0118. The van der Waals surface area contributed by atoms with E-state index < -0.39 is 40.7 Å². The van der Waals surface area contributed by atoms with Gasteiger partial charge < -0.3 is 5.11 Å². The highest BCUT2D eigenvalue weighted by atomic mass is 32.2. The molecule has 0 bridgehead atoms. The molecule has 5 nitrogen and oxygen atoms in total. The fourth-order valence-corrected chi connectivity index (χ4v) is 10.1. The molecule has 2 aliphatic rings. The van der Waals surface area contributed by atoms with Crippen molar-refractivity contribution in [3.8, 4) is 0 Å². The highest BCUT2D eigenvalue weighted by molar-refractivity contribution is 7.93. The van der Waals surface area contributed by atoms with Crippen molar-refractivity contribution >= 4 is 19.7 Å². The second-order valence-electron chi connectivity index (χ2n) is 13.0. The van der Waals surface area contributed by atoms with Crippen LogP contribution in [0, 0.1) is 10.8 Å². The van der Waals surface area contributed by atoms with Gasteiger partial charge in [0, 0.05) is 11.3 Å². The van der Waals surface area contributed by atoms with Crippen LogP contribution in [-0.2, 0) is 19.7 Å². The summed E-state index contributed by atoms with van der Waals surface area (Å²) < 4.78 is 49.9. The highest BCUT2D eigenvalue weighted by Gasteiger charge is 2.56. The molecule has 2 heterocycles. The van der Waals surface area contributed by atoms with Crippen LogP contribution in [0.1, 0.15) is 126 Å². The largest absolute Gasteiger partial charge is 0.392 e. The van der Waals surface area contributed by atoms with Gasteiger partial charge in [-0.2, -0.15) is 0 Å². The Bertz CT molecular complexity index is 1380. The molecule has 0 saturated carbocycles. The summed E-state index contributed by atoms with van der Waals surface area (Å²) in [6.45, 7) is 26.9. The van der Waals surface area contributed by atoms with Gasteiger partial charge in [-0.05, 0) is 68.7 Å². The summed E-state index contributed by atoms with van der Waals surface area (Å²) >= 11 is 0. The van der Waals surface area contributed by atoms with Crippen molar-refractivity contribution in [2.45, 2.75) is 141 Å². The van der Waals surface area contributed by atoms with Gasteiger partial charge in [0.15, 0.2) is 19.7 Å². The molecule has 0 radical (unpaired) electrons. The van der Waals surface area contributed by atoms with E-state index in [0.29, 0.717) is 15.4 Å². The van der Waals surface area contributed by atoms with Gasteiger partial charge in [0.2, 0.25) is 0 Å². The number of aliphatic hydroxyl groups is 1. The molecule has 0 spiro atoms. The first-order chi connectivity index (χ1) is 18.7. The topological polar surface area (TPSA) is 88.5 Å². The molecule has 0 saturated heterocycles. The normalized spacial score (nSPS) is 27.1. The molecule has 41 heavy (non-hydrogen) atoms.